The fourth-order valence-electron chi connectivity index (χ4n) is 10.5. The van der Waals surface area contributed by atoms with Crippen LogP contribution in [0.2, 0.25) is 15.1 Å². The molecule has 2 aromatic heterocycles. The summed E-state index contributed by atoms with van der Waals surface area (Å²) >= 11 is 19.3. The van der Waals surface area contributed by atoms with E-state index in [0.29, 0.717) is 43.2 Å². The van der Waals surface area contributed by atoms with Crippen LogP contribution in [0.15, 0.2) is 276 Å². The summed E-state index contributed by atoms with van der Waals surface area (Å²) in [7, 11) is -1.65. The molecule has 0 aliphatic carbocycles. The lowest BCUT2D eigenvalue weighted by Crippen LogP contribution is -2.30. The molecule has 82 heavy (non-hydrogen) atoms. The van der Waals surface area contributed by atoms with Gasteiger partial charge in [-0.2, -0.15) is 0 Å². The largest absolute Gasteiger partial charge is 0.507 e. The lowest BCUT2D eigenvalue weighted by atomic mass is 9.79. The smallest absolute Gasteiger partial charge is 0.492 e. The first kappa shape index (κ1) is 53.5. The Bertz CT molecular complexity index is 4560. The number of fused-ring (bicyclic) bond motifs is 6. The average Bonchev–Trinajstić information content (AvgIpc) is 4.31. The summed E-state index contributed by atoms with van der Waals surface area (Å²) in [5, 5.41) is 35.6. The van der Waals surface area contributed by atoms with Gasteiger partial charge in [0.15, 0.2) is 0 Å². The van der Waals surface area contributed by atoms with Crippen LogP contribution in [-0.2, 0) is 0 Å². The molecule has 0 radical (unpaired) electrons. The zero-order chi connectivity index (χ0) is 56.3. The summed E-state index contributed by atoms with van der Waals surface area (Å²) in [4.78, 5) is 0. The Labute approximate surface area is 488 Å². The van der Waals surface area contributed by atoms with Gasteiger partial charge in [-0.3, -0.25) is 0 Å². The average molecular weight is 1130 g/mol. The SMILES string of the molecule is Clc1cccc2oc3c(-c4ccccc4)cc(-c4ccccc4)cc3c12.OB(O)c1ccc(Cl)c2c1oc1c(-c3ccccc3)cc(-c3ccccc3)cc12.Oc1c(-c2ccccc2)cc(-c2ccccc2)cc1-c1c(F)cccc1Cl. The molecule has 14 rings (SSSR count). The van der Waals surface area contributed by atoms with Crippen LogP contribution in [0, 0.1) is 5.82 Å². The second-order valence-corrected chi connectivity index (χ2v) is 20.8. The summed E-state index contributed by atoms with van der Waals surface area (Å²) in [6.07, 6.45) is 0. The maximum Gasteiger partial charge on any atom is 0.492 e. The fraction of sp³-hybridized carbons (Fsp3) is 0. The summed E-state index contributed by atoms with van der Waals surface area (Å²) in [6, 6.07) is 86.0. The lowest BCUT2D eigenvalue weighted by molar-refractivity contribution is 0.425. The van der Waals surface area contributed by atoms with Crippen molar-refractivity contribution in [3.8, 4) is 83.6 Å². The Morgan fingerprint density at radius 3 is 1.21 bits per heavy atom. The summed E-state index contributed by atoms with van der Waals surface area (Å²) in [5.74, 6) is -0.463. The number of hydrogen-bond donors (Lipinski definition) is 3. The van der Waals surface area contributed by atoms with Gasteiger partial charge in [0, 0.05) is 54.8 Å². The third-order valence-electron chi connectivity index (χ3n) is 14.4. The van der Waals surface area contributed by atoms with Crippen LogP contribution < -0.4 is 5.46 Å². The van der Waals surface area contributed by atoms with Gasteiger partial charge in [0.25, 0.3) is 0 Å². The van der Waals surface area contributed by atoms with Gasteiger partial charge in [-0.15, -0.1) is 0 Å². The highest BCUT2D eigenvalue weighted by Crippen LogP contribution is 2.46. The number of benzene rings is 12. The molecule has 0 aliphatic rings. The first-order valence-electron chi connectivity index (χ1n) is 26.4. The highest BCUT2D eigenvalue weighted by Gasteiger charge is 2.25. The zero-order valence-corrected chi connectivity index (χ0v) is 45.9. The summed E-state index contributed by atoms with van der Waals surface area (Å²) < 4.78 is 27.0. The van der Waals surface area contributed by atoms with Crippen molar-refractivity contribution in [2.45, 2.75) is 0 Å². The molecule has 0 spiro atoms. The topological polar surface area (TPSA) is 87.0 Å². The van der Waals surface area contributed by atoms with Crippen LogP contribution in [0.3, 0.4) is 0 Å². The van der Waals surface area contributed by atoms with Gasteiger partial charge in [0.2, 0.25) is 0 Å². The molecule has 0 aliphatic heterocycles. The van der Waals surface area contributed by atoms with Gasteiger partial charge in [0.05, 0.1) is 15.1 Å². The minimum atomic E-state index is -1.65. The van der Waals surface area contributed by atoms with E-state index in [2.05, 4.69) is 66.7 Å². The van der Waals surface area contributed by atoms with E-state index in [9.17, 15) is 19.5 Å². The van der Waals surface area contributed by atoms with Gasteiger partial charge >= 0.3 is 7.12 Å². The Kier molecular flexibility index (Phi) is 15.3. The maximum absolute atomic E-state index is 14.6. The van der Waals surface area contributed by atoms with E-state index in [0.717, 1.165) is 83.0 Å². The van der Waals surface area contributed by atoms with Crippen LogP contribution in [0.25, 0.3) is 122 Å². The number of aromatic hydroxyl groups is 1. The molecule has 0 amide bonds. The van der Waals surface area contributed by atoms with Gasteiger partial charge in [-0.1, -0.05) is 235 Å². The molecule has 10 heteroatoms. The van der Waals surface area contributed by atoms with Gasteiger partial charge in [-0.05, 0) is 117 Å². The molecule has 0 saturated heterocycles. The standard InChI is InChI=1S/C24H16BClO3.C24H16ClFO.C24H15ClO/c26-21-12-11-20(25(27)28)24-22(21)19-14-17(15-7-3-1-4-8-15)13-18(23(19)29-24)16-9-5-2-6-10-16;25-21-12-7-13-22(26)23(21)20-15-18(16-8-3-1-4-9-16)14-19(24(20)27)17-10-5-2-6-11-17;25-21-12-7-13-22-23(21)20-15-18(16-8-3-1-4-9-16)14-19(24(20)26-22)17-10-5-2-6-11-17/h1-14,27-28H;1-15,27H;1-15H. The van der Waals surface area contributed by atoms with Crippen molar-refractivity contribution in [2.75, 3.05) is 0 Å². The number of phenolic OH excluding ortho intramolecular Hbond substituents is 1. The normalized spacial score (nSPS) is 11.1. The van der Waals surface area contributed by atoms with Gasteiger partial charge in [-0.25, -0.2) is 4.39 Å². The minimum absolute atomic E-state index is 0.00730. The Morgan fingerprint density at radius 2 is 0.720 bits per heavy atom. The van der Waals surface area contributed by atoms with Crippen molar-refractivity contribution in [3.05, 3.63) is 288 Å². The predicted molar refractivity (Wildman–Crippen MR) is 338 cm³/mol. The van der Waals surface area contributed by atoms with Crippen molar-refractivity contribution < 1.29 is 28.4 Å². The Hall–Kier alpha value is -9.18. The van der Waals surface area contributed by atoms with Gasteiger partial charge in [0.1, 0.15) is 33.9 Å². The molecule has 0 fully saturated rings. The molecule has 2 heterocycles. The van der Waals surface area contributed by atoms with Crippen LogP contribution in [0.4, 0.5) is 4.39 Å². The number of hydrogen-bond acceptors (Lipinski definition) is 5. The van der Waals surface area contributed by atoms with Crippen LogP contribution in [0.1, 0.15) is 0 Å². The van der Waals surface area contributed by atoms with E-state index in [1.54, 1.807) is 30.3 Å². The molecule has 0 saturated carbocycles. The van der Waals surface area contributed by atoms with Crippen molar-refractivity contribution in [3.63, 3.8) is 0 Å². The first-order chi connectivity index (χ1) is 40.1. The molecule has 12 aromatic carbocycles. The van der Waals surface area contributed by atoms with Crippen LogP contribution >= 0.6 is 34.8 Å². The lowest BCUT2D eigenvalue weighted by Gasteiger charge is -2.15. The van der Waals surface area contributed by atoms with E-state index in [4.69, 9.17) is 43.6 Å². The molecule has 0 atom stereocenters. The number of halogens is 4. The highest BCUT2D eigenvalue weighted by atomic mass is 35.5. The van der Waals surface area contributed by atoms with E-state index in [1.807, 2.05) is 164 Å². The minimum Gasteiger partial charge on any atom is -0.507 e. The van der Waals surface area contributed by atoms with E-state index >= 15 is 0 Å². The molecule has 396 valence electrons. The molecule has 0 unspecified atom stereocenters. The Balaban J connectivity index is 0.000000122. The van der Waals surface area contributed by atoms with E-state index in [1.165, 1.54) is 11.6 Å². The van der Waals surface area contributed by atoms with Gasteiger partial charge < -0.3 is 24.0 Å². The first-order valence-corrected chi connectivity index (χ1v) is 27.6. The van der Waals surface area contributed by atoms with Crippen LogP contribution in [-0.4, -0.2) is 22.3 Å². The number of furan rings is 2. The van der Waals surface area contributed by atoms with Crippen LogP contribution in [0.5, 0.6) is 5.75 Å². The molecule has 14 aromatic rings. The van der Waals surface area contributed by atoms with E-state index in [-0.39, 0.29) is 16.3 Å². The number of phenols is 1. The van der Waals surface area contributed by atoms with Crippen molar-refractivity contribution in [2.24, 2.45) is 0 Å². The van der Waals surface area contributed by atoms with Crippen molar-refractivity contribution in [1.82, 2.24) is 0 Å². The summed E-state index contributed by atoms with van der Waals surface area (Å²) in [6.45, 7) is 0. The predicted octanol–water partition coefficient (Wildman–Crippen LogP) is 20.0. The molecule has 0 bridgehead atoms. The monoisotopic (exact) mass is 1130 g/mol. The molecular formula is C72H47BCl3FO5. The maximum atomic E-state index is 14.6. The quantitative estimate of drug-likeness (QED) is 0.132. The Morgan fingerprint density at radius 1 is 0.329 bits per heavy atom. The van der Waals surface area contributed by atoms with E-state index < -0.39 is 12.9 Å². The molecular weight excluding hydrogens is 1080 g/mol. The van der Waals surface area contributed by atoms with Crippen molar-refractivity contribution in [1.29, 1.82) is 0 Å². The molecule has 5 nitrogen and oxygen atoms in total. The molecule has 3 N–H and O–H groups in total. The van der Waals surface area contributed by atoms with Crippen molar-refractivity contribution >= 4 is 91.3 Å². The zero-order valence-electron chi connectivity index (χ0n) is 43.7. The second-order valence-electron chi connectivity index (χ2n) is 19.5. The third kappa shape index (κ3) is 10.7. The number of rotatable bonds is 8. The highest BCUT2D eigenvalue weighted by molar-refractivity contribution is 6.62. The third-order valence-corrected chi connectivity index (χ3v) is 15.4. The second kappa shape index (κ2) is 23.5. The fourth-order valence-corrected chi connectivity index (χ4v) is 11.3. The summed E-state index contributed by atoms with van der Waals surface area (Å²) in [5.41, 5.74) is 15.5.